The van der Waals surface area contributed by atoms with Gasteiger partial charge in [0.25, 0.3) is 0 Å². The molecule has 1 saturated heterocycles. The number of nitrogens with zero attached hydrogens (tertiary/aromatic N) is 4. The van der Waals surface area contributed by atoms with E-state index in [9.17, 15) is 4.79 Å². The molecule has 0 aliphatic carbocycles. The van der Waals surface area contributed by atoms with Crippen LogP contribution in [0.3, 0.4) is 0 Å². The molecule has 2 aliphatic heterocycles. The summed E-state index contributed by atoms with van der Waals surface area (Å²) < 4.78 is 5.94. The number of piperidine rings is 1. The van der Waals surface area contributed by atoms with E-state index in [1.165, 1.54) is 16.7 Å². The zero-order valence-electron chi connectivity index (χ0n) is 20.3. The van der Waals surface area contributed by atoms with Gasteiger partial charge in [0, 0.05) is 38.2 Å². The van der Waals surface area contributed by atoms with Gasteiger partial charge in [-0.1, -0.05) is 55.5 Å². The predicted molar refractivity (Wildman–Crippen MR) is 138 cm³/mol. The van der Waals surface area contributed by atoms with Gasteiger partial charge in [-0.15, -0.1) is 0 Å². The molecule has 0 unspecified atom stereocenters. The first-order valence-corrected chi connectivity index (χ1v) is 12.6. The first-order valence-electron chi connectivity index (χ1n) is 12.6. The molecule has 2 aromatic carbocycles. The molecule has 1 amide bonds. The number of benzene rings is 2. The molecular weight excluding hydrogens is 436 g/mol. The third-order valence-corrected chi connectivity index (χ3v) is 7.02. The van der Waals surface area contributed by atoms with E-state index in [1.54, 1.807) is 6.33 Å². The number of carbonyl (C=O) groups excluding carboxylic acids is 1. The van der Waals surface area contributed by atoms with Gasteiger partial charge in [-0.25, -0.2) is 9.97 Å². The van der Waals surface area contributed by atoms with Crippen LogP contribution in [0.5, 0.6) is 11.6 Å². The van der Waals surface area contributed by atoms with Crippen LogP contribution in [0.15, 0.2) is 73.1 Å². The number of hydrogen-bond donors (Lipinski definition) is 0. The van der Waals surface area contributed by atoms with Crippen LogP contribution < -0.4 is 9.64 Å². The molecule has 2 aliphatic rings. The third kappa shape index (κ3) is 5.53. The van der Waals surface area contributed by atoms with E-state index >= 15 is 0 Å². The number of aromatic nitrogens is 2. The number of hydrogen-bond acceptors (Lipinski definition) is 5. The second-order valence-corrected chi connectivity index (χ2v) is 9.20. The van der Waals surface area contributed by atoms with Gasteiger partial charge in [0.15, 0.2) is 0 Å². The number of ether oxygens (including phenoxy) is 1. The molecule has 180 valence electrons. The number of amides is 1. The maximum Gasteiger partial charge on any atom is 0.226 e. The van der Waals surface area contributed by atoms with Crippen molar-refractivity contribution in [2.45, 2.75) is 32.6 Å². The molecule has 0 bridgehead atoms. The lowest BCUT2D eigenvalue weighted by Gasteiger charge is -2.35. The smallest absolute Gasteiger partial charge is 0.226 e. The van der Waals surface area contributed by atoms with Crippen LogP contribution in [0.2, 0.25) is 0 Å². The second kappa shape index (κ2) is 10.7. The molecule has 3 heterocycles. The molecule has 0 radical (unpaired) electrons. The van der Waals surface area contributed by atoms with E-state index in [4.69, 9.17) is 4.74 Å². The van der Waals surface area contributed by atoms with Crippen molar-refractivity contribution in [1.29, 1.82) is 0 Å². The largest absolute Gasteiger partial charge is 0.439 e. The fourth-order valence-corrected chi connectivity index (χ4v) is 4.87. The Morgan fingerprint density at radius 2 is 1.77 bits per heavy atom. The molecule has 0 N–H and O–H groups in total. The topological polar surface area (TPSA) is 58.6 Å². The van der Waals surface area contributed by atoms with Crippen LogP contribution in [0.1, 0.15) is 37.3 Å². The lowest BCUT2D eigenvalue weighted by Crippen LogP contribution is -2.44. The van der Waals surface area contributed by atoms with Crippen LogP contribution in [0, 0.1) is 5.92 Å². The van der Waals surface area contributed by atoms with Crippen LogP contribution in [0.4, 0.5) is 5.82 Å². The number of rotatable bonds is 6. The monoisotopic (exact) mass is 468 g/mol. The van der Waals surface area contributed by atoms with Crippen molar-refractivity contribution in [2.24, 2.45) is 5.92 Å². The number of carbonyl (C=O) groups is 1. The first kappa shape index (κ1) is 23.1. The zero-order valence-corrected chi connectivity index (χ0v) is 20.3. The lowest BCUT2D eigenvalue weighted by molar-refractivity contribution is -0.135. The van der Waals surface area contributed by atoms with Gasteiger partial charge in [-0.3, -0.25) is 4.79 Å². The van der Waals surface area contributed by atoms with E-state index in [2.05, 4.69) is 64.3 Å². The van der Waals surface area contributed by atoms with Gasteiger partial charge in [0.05, 0.1) is 0 Å². The van der Waals surface area contributed by atoms with Gasteiger partial charge < -0.3 is 14.5 Å². The molecule has 3 aromatic rings. The van der Waals surface area contributed by atoms with Crippen LogP contribution >= 0.6 is 0 Å². The SMILES string of the molecule is CCc1ccc(Oc2cc(N3CCC(C(=O)N4CC=C(c5ccccc5)CC4)CC3)ncn2)cc1. The van der Waals surface area contributed by atoms with E-state index in [-0.39, 0.29) is 11.8 Å². The van der Waals surface area contributed by atoms with Crippen molar-refractivity contribution < 1.29 is 9.53 Å². The molecule has 5 rings (SSSR count). The minimum atomic E-state index is 0.0764. The third-order valence-electron chi connectivity index (χ3n) is 7.02. The molecule has 6 nitrogen and oxygen atoms in total. The Kier molecular flexibility index (Phi) is 7.07. The highest BCUT2D eigenvalue weighted by Crippen LogP contribution is 2.28. The van der Waals surface area contributed by atoms with Crippen LogP contribution in [0.25, 0.3) is 5.57 Å². The van der Waals surface area contributed by atoms with Gasteiger partial charge in [-0.05, 0) is 54.5 Å². The molecule has 0 atom stereocenters. The maximum atomic E-state index is 13.2. The average molecular weight is 469 g/mol. The summed E-state index contributed by atoms with van der Waals surface area (Å²) in [4.78, 5) is 26.2. The predicted octanol–water partition coefficient (Wildman–Crippen LogP) is 5.36. The van der Waals surface area contributed by atoms with E-state index in [0.29, 0.717) is 12.4 Å². The molecule has 0 spiro atoms. The zero-order chi connectivity index (χ0) is 24.0. The second-order valence-electron chi connectivity index (χ2n) is 9.20. The Hall–Kier alpha value is -3.67. The Morgan fingerprint density at radius 3 is 2.46 bits per heavy atom. The van der Waals surface area contributed by atoms with Crippen molar-refractivity contribution in [3.63, 3.8) is 0 Å². The summed E-state index contributed by atoms with van der Waals surface area (Å²) in [5, 5.41) is 0. The van der Waals surface area contributed by atoms with Crippen molar-refractivity contribution in [2.75, 3.05) is 31.1 Å². The van der Waals surface area contributed by atoms with Gasteiger partial charge in [-0.2, -0.15) is 0 Å². The van der Waals surface area contributed by atoms with E-state index in [1.807, 2.05) is 29.2 Å². The summed E-state index contributed by atoms with van der Waals surface area (Å²) in [5.41, 5.74) is 3.88. The van der Waals surface area contributed by atoms with Crippen molar-refractivity contribution in [1.82, 2.24) is 14.9 Å². The minimum Gasteiger partial charge on any atom is -0.439 e. The van der Waals surface area contributed by atoms with Crippen molar-refractivity contribution in [3.05, 3.63) is 84.2 Å². The quantitative estimate of drug-likeness (QED) is 0.487. The molecule has 35 heavy (non-hydrogen) atoms. The number of anilines is 1. The molecule has 0 saturated carbocycles. The van der Waals surface area contributed by atoms with Crippen LogP contribution in [-0.2, 0) is 11.2 Å². The molecule has 6 heteroatoms. The number of aryl methyl sites for hydroxylation is 1. The summed E-state index contributed by atoms with van der Waals surface area (Å²) in [6.45, 7) is 5.24. The van der Waals surface area contributed by atoms with Gasteiger partial charge in [0.2, 0.25) is 11.8 Å². The fourth-order valence-electron chi connectivity index (χ4n) is 4.87. The van der Waals surface area contributed by atoms with Gasteiger partial charge >= 0.3 is 0 Å². The van der Waals surface area contributed by atoms with Crippen molar-refractivity contribution >= 4 is 17.3 Å². The van der Waals surface area contributed by atoms with Crippen molar-refractivity contribution in [3.8, 4) is 11.6 Å². The Balaban J connectivity index is 1.15. The summed E-state index contributed by atoms with van der Waals surface area (Å²) in [7, 11) is 0. The Bertz CT molecular complexity index is 1170. The summed E-state index contributed by atoms with van der Waals surface area (Å²) in [6.07, 6.45) is 7.35. The van der Waals surface area contributed by atoms with Crippen LogP contribution in [-0.4, -0.2) is 47.0 Å². The molecular formula is C29H32N4O2. The summed E-state index contributed by atoms with van der Waals surface area (Å²) >= 11 is 0. The highest BCUT2D eigenvalue weighted by molar-refractivity contribution is 5.81. The average Bonchev–Trinajstić information content (AvgIpc) is 2.94. The standard InChI is InChI=1S/C29H32N4O2/c1-2-22-8-10-26(11-9-22)35-28-20-27(30-21-31-28)32-16-14-25(15-17-32)29(34)33-18-12-24(13-19-33)23-6-4-3-5-7-23/h3-12,20-21,25H,2,13-19H2,1H3. The molecule has 1 fully saturated rings. The van der Waals surface area contributed by atoms with Gasteiger partial charge in [0.1, 0.15) is 17.9 Å². The first-order chi connectivity index (χ1) is 17.2. The maximum absolute atomic E-state index is 13.2. The normalized spacial score (nSPS) is 16.7. The lowest BCUT2D eigenvalue weighted by atomic mass is 9.93. The fraction of sp³-hybridized carbons (Fsp3) is 0.345. The summed E-state index contributed by atoms with van der Waals surface area (Å²) in [5.74, 6) is 2.51. The highest BCUT2D eigenvalue weighted by Gasteiger charge is 2.30. The van der Waals surface area contributed by atoms with E-state index in [0.717, 1.165) is 56.9 Å². The highest BCUT2D eigenvalue weighted by atomic mass is 16.5. The Labute approximate surface area is 207 Å². The minimum absolute atomic E-state index is 0.0764. The van der Waals surface area contributed by atoms with E-state index < -0.39 is 0 Å². The Morgan fingerprint density at radius 1 is 1.00 bits per heavy atom. The summed E-state index contributed by atoms with van der Waals surface area (Å²) in [6, 6.07) is 20.4. The molecule has 1 aromatic heterocycles.